The lowest BCUT2D eigenvalue weighted by Gasteiger charge is -2.14. The van der Waals surface area contributed by atoms with Crippen LogP contribution >= 0.6 is 34.8 Å². The first-order valence-electron chi connectivity index (χ1n) is 5.16. The van der Waals surface area contributed by atoms with Crippen LogP contribution in [0, 0.1) is 0 Å². The maximum atomic E-state index is 6.09. The third kappa shape index (κ3) is 4.76. The van der Waals surface area contributed by atoms with Gasteiger partial charge in [-0.05, 0) is 37.1 Å². The monoisotopic (exact) mass is 293 g/mol. The second-order valence-electron chi connectivity index (χ2n) is 3.73. The third-order valence-electron chi connectivity index (χ3n) is 2.04. The van der Waals surface area contributed by atoms with Gasteiger partial charge in [0.1, 0.15) is 12.4 Å². The van der Waals surface area contributed by atoms with Crippen molar-refractivity contribution < 1.29 is 4.74 Å². The SMILES string of the molecule is CC(N)Cc1cc(Cl)cc(Cl)c1OC/C=C/Cl. The molecule has 1 unspecified atom stereocenters. The zero-order valence-corrected chi connectivity index (χ0v) is 11.7. The largest absolute Gasteiger partial charge is 0.488 e. The number of benzene rings is 1. The lowest BCUT2D eigenvalue weighted by atomic mass is 10.1. The summed E-state index contributed by atoms with van der Waals surface area (Å²) in [5, 5.41) is 1.06. The van der Waals surface area contributed by atoms with Crippen LogP contribution in [0.25, 0.3) is 0 Å². The van der Waals surface area contributed by atoms with E-state index in [0.29, 0.717) is 28.8 Å². The van der Waals surface area contributed by atoms with Crippen molar-refractivity contribution in [2.45, 2.75) is 19.4 Å². The molecule has 94 valence electrons. The maximum absolute atomic E-state index is 6.09. The molecule has 0 aliphatic carbocycles. The van der Waals surface area contributed by atoms with Gasteiger partial charge in [-0.15, -0.1) is 0 Å². The van der Waals surface area contributed by atoms with Crippen LogP contribution in [0.4, 0.5) is 0 Å². The highest BCUT2D eigenvalue weighted by atomic mass is 35.5. The molecule has 1 aromatic rings. The van der Waals surface area contributed by atoms with Gasteiger partial charge in [-0.3, -0.25) is 0 Å². The van der Waals surface area contributed by atoms with Crippen molar-refractivity contribution in [3.05, 3.63) is 39.4 Å². The van der Waals surface area contributed by atoms with E-state index in [1.54, 1.807) is 12.1 Å². The Hall–Kier alpha value is -0.410. The molecular weight excluding hydrogens is 280 g/mol. The van der Waals surface area contributed by atoms with Crippen molar-refractivity contribution in [1.82, 2.24) is 0 Å². The topological polar surface area (TPSA) is 35.2 Å². The Kier molecular flexibility index (Phi) is 6.14. The summed E-state index contributed by atoms with van der Waals surface area (Å²) in [7, 11) is 0. The van der Waals surface area contributed by atoms with E-state index in [4.69, 9.17) is 45.3 Å². The average Bonchev–Trinajstić information content (AvgIpc) is 2.21. The Balaban J connectivity index is 2.98. The van der Waals surface area contributed by atoms with Crippen LogP contribution in [0.1, 0.15) is 12.5 Å². The molecule has 0 amide bonds. The fraction of sp³-hybridized carbons (Fsp3) is 0.333. The number of hydrogen-bond acceptors (Lipinski definition) is 2. The normalized spacial score (nSPS) is 13.0. The van der Waals surface area contributed by atoms with Crippen molar-refractivity contribution in [2.75, 3.05) is 6.61 Å². The van der Waals surface area contributed by atoms with Crippen LogP contribution in [-0.4, -0.2) is 12.6 Å². The molecule has 0 aliphatic rings. The number of hydrogen-bond donors (Lipinski definition) is 1. The van der Waals surface area contributed by atoms with E-state index in [2.05, 4.69) is 0 Å². The van der Waals surface area contributed by atoms with Crippen molar-refractivity contribution in [3.8, 4) is 5.75 Å². The minimum absolute atomic E-state index is 0.00968. The summed E-state index contributed by atoms with van der Waals surface area (Å²) in [6.45, 7) is 2.27. The molecule has 2 nitrogen and oxygen atoms in total. The van der Waals surface area contributed by atoms with Crippen LogP contribution in [0.5, 0.6) is 5.75 Å². The Bertz CT molecular complexity index is 405. The fourth-order valence-corrected chi connectivity index (χ4v) is 2.10. The van der Waals surface area contributed by atoms with Gasteiger partial charge in [0, 0.05) is 16.6 Å². The minimum atomic E-state index is 0.00968. The average molecular weight is 295 g/mol. The maximum Gasteiger partial charge on any atom is 0.141 e. The lowest BCUT2D eigenvalue weighted by molar-refractivity contribution is 0.358. The van der Waals surface area contributed by atoms with Gasteiger partial charge >= 0.3 is 0 Å². The summed E-state index contributed by atoms with van der Waals surface area (Å²) in [6.07, 6.45) is 2.34. The molecule has 2 N–H and O–H groups in total. The van der Waals surface area contributed by atoms with Crippen LogP contribution in [0.15, 0.2) is 23.7 Å². The molecule has 0 radical (unpaired) electrons. The van der Waals surface area contributed by atoms with Crippen LogP contribution in [-0.2, 0) is 6.42 Å². The summed E-state index contributed by atoms with van der Waals surface area (Å²) in [4.78, 5) is 0. The Morgan fingerprint density at radius 3 is 2.71 bits per heavy atom. The first-order chi connectivity index (χ1) is 8.04. The van der Waals surface area contributed by atoms with E-state index >= 15 is 0 Å². The fourth-order valence-electron chi connectivity index (χ4n) is 1.44. The van der Waals surface area contributed by atoms with E-state index in [1.807, 2.05) is 13.0 Å². The summed E-state index contributed by atoms with van der Waals surface area (Å²) in [6, 6.07) is 3.47. The number of rotatable bonds is 5. The van der Waals surface area contributed by atoms with Gasteiger partial charge in [0.15, 0.2) is 0 Å². The molecule has 0 bridgehead atoms. The Morgan fingerprint density at radius 1 is 1.41 bits per heavy atom. The van der Waals surface area contributed by atoms with Gasteiger partial charge < -0.3 is 10.5 Å². The molecule has 0 fully saturated rings. The smallest absolute Gasteiger partial charge is 0.141 e. The van der Waals surface area contributed by atoms with E-state index in [9.17, 15) is 0 Å². The van der Waals surface area contributed by atoms with Gasteiger partial charge in [0.2, 0.25) is 0 Å². The molecule has 0 heterocycles. The molecule has 0 spiro atoms. The zero-order chi connectivity index (χ0) is 12.8. The highest BCUT2D eigenvalue weighted by molar-refractivity contribution is 6.35. The molecule has 0 saturated heterocycles. The molecule has 1 atom stereocenters. The summed E-state index contributed by atoms with van der Waals surface area (Å²) >= 11 is 17.5. The Morgan fingerprint density at radius 2 is 2.12 bits per heavy atom. The molecule has 0 saturated carbocycles. The van der Waals surface area contributed by atoms with Crippen LogP contribution < -0.4 is 10.5 Å². The number of ether oxygens (including phenoxy) is 1. The van der Waals surface area contributed by atoms with Gasteiger partial charge in [0.05, 0.1) is 5.02 Å². The number of nitrogens with two attached hydrogens (primary N) is 1. The molecule has 1 aromatic carbocycles. The Labute approximate surface area is 116 Å². The third-order valence-corrected chi connectivity index (χ3v) is 2.72. The molecular formula is C12H14Cl3NO. The first-order valence-corrected chi connectivity index (χ1v) is 6.35. The minimum Gasteiger partial charge on any atom is -0.488 e. The predicted molar refractivity (Wildman–Crippen MR) is 74.3 cm³/mol. The van der Waals surface area contributed by atoms with Gasteiger partial charge in [0.25, 0.3) is 0 Å². The number of halogens is 3. The van der Waals surface area contributed by atoms with Crippen molar-refractivity contribution >= 4 is 34.8 Å². The van der Waals surface area contributed by atoms with Gasteiger partial charge in [-0.1, -0.05) is 34.8 Å². The van der Waals surface area contributed by atoms with Gasteiger partial charge in [-0.25, -0.2) is 0 Å². The highest BCUT2D eigenvalue weighted by Crippen LogP contribution is 2.33. The van der Waals surface area contributed by atoms with E-state index in [1.165, 1.54) is 5.54 Å². The van der Waals surface area contributed by atoms with Gasteiger partial charge in [-0.2, -0.15) is 0 Å². The van der Waals surface area contributed by atoms with E-state index in [0.717, 1.165) is 5.56 Å². The van der Waals surface area contributed by atoms with Crippen LogP contribution in [0.2, 0.25) is 10.0 Å². The summed E-state index contributed by atoms with van der Waals surface area (Å²) in [5.74, 6) is 0.614. The predicted octanol–water partition coefficient (Wildman–Crippen LogP) is 4.01. The van der Waals surface area contributed by atoms with Crippen molar-refractivity contribution in [3.63, 3.8) is 0 Å². The summed E-state index contributed by atoms with van der Waals surface area (Å²) < 4.78 is 5.55. The molecule has 1 rings (SSSR count). The quantitative estimate of drug-likeness (QED) is 0.890. The van der Waals surface area contributed by atoms with Crippen LogP contribution in [0.3, 0.4) is 0 Å². The second kappa shape index (κ2) is 7.12. The molecule has 0 aromatic heterocycles. The van der Waals surface area contributed by atoms with Crippen molar-refractivity contribution in [2.24, 2.45) is 5.73 Å². The first kappa shape index (κ1) is 14.7. The zero-order valence-electron chi connectivity index (χ0n) is 9.42. The van der Waals surface area contributed by atoms with E-state index in [-0.39, 0.29) is 6.04 Å². The molecule has 0 aliphatic heterocycles. The standard InChI is InChI=1S/C12H14Cl3NO/c1-8(16)5-9-6-10(14)7-11(15)12(9)17-4-2-3-13/h2-3,6-8H,4-5,16H2,1H3/b3-2+. The summed E-state index contributed by atoms with van der Waals surface area (Å²) in [5.41, 5.74) is 8.07. The highest BCUT2D eigenvalue weighted by Gasteiger charge is 2.11. The molecule has 5 heteroatoms. The second-order valence-corrected chi connectivity index (χ2v) is 4.83. The molecule has 17 heavy (non-hydrogen) atoms. The van der Waals surface area contributed by atoms with Crippen molar-refractivity contribution in [1.29, 1.82) is 0 Å². The lowest BCUT2D eigenvalue weighted by Crippen LogP contribution is -2.18. The van der Waals surface area contributed by atoms with E-state index < -0.39 is 0 Å².